The molecule has 2 heterocycles. The maximum absolute atomic E-state index is 6.38. The van der Waals surface area contributed by atoms with Crippen LogP contribution in [0.1, 0.15) is 41.9 Å². The predicted molar refractivity (Wildman–Crippen MR) is 136 cm³/mol. The Bertz CT molecular complexity index is 1290. The number of hydrogen-bond acceptors (Lipinski definition) is 4. The van der Waals surface area contributed by atoms with Crippen molar-refractivity contribution in [2.75, 3.05) is 0 Å². The fourth-order valence-electron chi connectivity index (χ4n) is 3.86. The molecule has 0 radical (unpaired) electrons. The molecule has 0 fully saturated rings. The minimum absolute atomic E-state index is 0.115. The maximum Gasteiger partial charge on any atom is 0.152 e. The van der Waals surface area contributed by atoms with E-state index in [-0.39, 0.29) is 5.25 Å². The number of benzene rings is 3. The number of unbranched alkanes of at least 4 members (excludes halogenated alkanes) is 1. The van der Waals surface area contributed by atoms with Crippen molar-refractivity contribution in [3.8, 4) is 0 Å². The van der Waals surface area contributed by atoms with Gasteiger partial charge in [-0.3, -0.25) is 0 Å². The first kappa shape index (κ1) is 20.8. The van der Waals surface area contributed by atoms with Crippen molar-refractivity contribution in [3.05, 3.63) is 94.2 Å². The zero-order valence-electron chi connectivity index (χ0n) is 17.2. The molecular weight excluding hydrogens is 486 g/mol. The molecule has 0 saturated carbocycles. The fraction of sp³-hybridized carbons (Fsp3) is 0.192. The van der Waals surface area contributed by atoms with E-state index in [4.69, 9.17) is 9.40 Å². The van der Waals surface area contributed by atoms with Gasteiger partial charge >= 0.3 is 0 Å². The lowest BCUT2D eigenvalue weighted by atomic mass is 9.99. The first-order valence-corrected chi connectivity index (χ1v) is 13.0. The number of furan rings is 1. The quantitative estimate of drug-likeness (QED) is 0.205. The second-order valence-corrected chi connectivity index (χ2v) is 10.8. The topological polar surface area (TPSA) is 26.0 Å². The minimum Gasteiger partial charge on any atom is -0.461 e. The number of halogens is 1. The van der Waals surface area contributed by atoms with Crippen molar-refractivity contribution in [2.24, 2.45) is 0 Å². The largest absolute Gasteiger partial charge is 0.461 e. The van der Waals surface area contributed by atoms with Crippen LogP contribution < -0.4 is 0 Å². The van der Waals surface area contributed by atoms with Crippen molar-refractivity contribution in [1.82, 2.24) is 4.98 Å². The molecule has 0 amide bonds. The van der Waals surface area contributed by atoms with Crippen molar-refractivity contribution in [2.45, 2.75) is 35.8 Å². The highest BCUT2D eigenvalue weighted by atomic mass is 79.9. The molecule has 0 aliphatic heterocycles. The Labute approximate surface area is 198 Å². The number of rotatable bonds is 7. The molecule has 3 aromatic carbocycles. The lowest BCUT2D eigenvalue weighted by molar-refractivity contribution is 0.531. The normalized spacial score (nSPS) is 12.6. The van der Waals surface area contributed by atoms with Gasteiger partial charge in [0.25, 0.3) is 0 Å². The third-order valence-corrected chi connectivity index (χ3v) is 8.33. The van der Waals surface area contributed by atoms with E-state index in [1.165, 1.54) is 21.2 Å². The molecule has 156 valence electrons. The van der Waals surface area contributed by atoms with E-state index in [9.17, 15) is 0 Å². The minimum atomic E-state index is 0.115. The van der Waals surface area contributed by atoms with Crippen LogP contribution in [0, 0.1) is 0 Å². The second kappa shape index (κ2) is 9.19. The van der Waals surface area contributed by atoms with Crippen LogP contribution in [-0.4, -0.2) is 4.98 Å². The van der Waals surface area contributed by atoms with E-state index >= 15 is 0 Å². The van der Waals surface area contributed by atoms with Crippen LogP contribution in [0.3, 0.4) is 0 Å². The van der Waals surface area contributed by atoms with Gasteiger partial charge in [0.05, 0.1) is 15.5 Å². The molecular formula is C26H22BrNOS2. The van der Waals surface area contributed by atoms with Crippen LogP contribution in [0.15, 0.2) is 86.0 Å². The smallest absolute Gasteiger partial charge is 0.152 e. The van der Waals surface area contributed by atoms with E-state index in [1.54, 1.807) is 11.3 Å². The summed E-state index contributed by atoms with van der Waals surface area (Å²) >= 11 is 7.17. The predicted octanol–water partition coefficient (Wildman–Crippen LogP) is 9.03. The molecule has 0 N–H and O–H groups in total. The Morgan fingerprint density at radius 3 is 2.58 bits per heavy atom. The van der Waals surface area contributed by atoms with Gasteiger partial charge in [-0.15, -0.1) is 11.3 Å². The summed E-state index contributed by atoms with van der Waals surface area (Å²) in [5.74, 6) is 1.10. The van der Waals surface area contributed by atoms with Crippen molar-refractivity contribution in [3.63, 3.8) is 0 Å². The molecule has 2 nitrogen and oxygen atoms in total. The molecule has 31 heavy (non-hydrogen) atoms. The third-order valence-electron chi connectivity index (χ3n) is 5.40. The van der Waals surface area contributed by atoms with Gasteiger partial charge in [0.1, 0.15) is 11.3 Å². The van der Waals surface area contributed by atoms with E-state index in [0.717, 1.165) is 44.9 Å². The standard InChI is InChI=1S/C26H22BrNOS2/c1-2-3-10-22-24(19-8-4-6-11-21(19)29-22)25(17-13-15-18(27)16-14-17)31-26-28-20-9-5-7-12-23(20)30-26/h4-9,11-16,25H,2-3,10H2,1H3. The number of thioether (sulfide) groups is 1. The highest BCUT2D eigenvalue weighted by Gasteiger charge is 2.26. The molecule has 1 atom stereocenters. The van der Waals surface area contributed by atoms with Crippen LogP contribution in [0.2, 0.25) is 0 Å². The average molecular weight is 509 g/mol. The lowest BCUT2D eigenvalue weighted by Crippen LogP contribution is -2.00. The molecule has 0 aliphatic rings. The number of fused-ring (bicyclic) bond motifs is 2. The monoisotopic (exact) mass is 507 g/mol. The molecule has 5 rings (SSSR count). The number of aromatic nitrogens is 1. The summed E-state index contributed by atoms with van der Waals surface area (Å²) in [6, 6.07) is 25.4. The summed E-state index contributed by atoms with van der Waals surface area (Å²) in [5, 5.41) is 1.32. The zero-order chi connectivity index (χ0) is 21.2. The van der Waals surface area contributed by atoms with Gasteiger partial charge in [-0.25, -0.2) is 4.98 Å². The maximum atomic E-state index is 6.38. The third kappa shape index (κ3) is 4.32. The highest BCUT2D eigenvalue weighted by Crippen LogP contribution is 2.47. The Morgan fingerprint density at radius 1 is 1.00 bits per heavy atom. The molecule has 0 saturated heterocycles. The molecule has 0 bridgehead atoms. The number of thiazole rings is 1. The highest BCUT2D eigenvalue weighted by molar-refractivity contribution is 9.10. The van der Waals surface area contributed by atoms with Gasteiger partial charge in [0, 0.05) is 21.8 Å². The molecule has 2 aromatic heterocycles. The zero-order valence-corrected chi connectivity index (χ0v) is 20.4. The molecule has 1 unspecified atom stereocenters. The number of aryl methyl sites for hydroxylation is 1. The van der Waals surface area contributed by atoms with Crippen molar-refractivity contribution < 1.29 is 4.42 Å². The van der Waals surface area contributed by atoms with Gasteiger partial charge in [0.2, 0.25) is 0 Å². The fourth-order valence-corrected chi connectivity index (χ4v) is 6.59. The van der Waals surface area contributed by atoms with Crippen LogP contribution in [0.5, 0.6) is 0 Å². The summed E-state index contributed by atoms with van der Waals surface area (Å²) in [4.78, 5) is 4.92. The van der Waals surface area contributed by atoms with E-state index in [2.05, 4.69) is 95.7 Å². The Hall–Kier alpha value is -2.08. The molecule has 0 spiro atoms. The summed E-state index contributed by atoms with van der Waals surface area (Å²) in [6.07, 6.45) is 3.21. The van der Waals surface area contributed by atoms with Crippen molar-refractivity contribution in [1.29, 1.82) is 0 Å². The molecule has 0 aliphatic carbocycles. The lowest BCUT2D eigenvalue weighted by Gasteiger charge is -2.17. The van der Waals surface area contributed by atoms with Gasteiger partial charge < -0.3 is 4.42 Å². The summed E-state index contributed by atoms with van der Waals surface area (Å²) in [7, 11) is 0. The van der Waals surface area contributed by atoms with Crippen LogP contribution >= 0.6 is 39.0 Å². The van der Waals surface area contributed by atoms with Gasteiger partial charge in [-0.1, -0.05) is 83.5 Å². The summed E-state index contributed by atoms with van der Waals surface area (Å²) in [6.45, 7) is 2.23. The van der Waals surface area contributed by atoms with E-state index in [1.807, 2.05) is 11.8 Å². The van der Waals surface area contributed by atoms with E-state index in [0.29, 0.717) is 0 Å². The van der Waals surface area contributed by atoms with Crippen LogP contribution in [-0.2, 0) is 6.42 Å². The van der Waals surface area contributed by atoms with E-state index < -0.39 is 0 Å². The summed E-state index contributed by atoms with van der Waals surface area (Å²) < 4.78 is 9.78. The first-order chi connectivity index (χ1) is 15.2. The molecule has 5 aromatic rings. The number of para-hydroxylation sites is 2. The van der Waals surface area contributed by atoms with Gasteiger partial charge in [-0.2, -0.15) is 0 Å². The Kier molecular flexibility index (Phi) is 6.17. The SMILES string of the molecule is CCCCc1oc2ccccc2c1C(Sc1nc2ccccc2s1)c1ccc(Br)cc1. The van der Waals surface area contributed by atoms with Gasteiger partial charge in [-0.05, 0) is 42.3 Å². The first-order valence-electron chi connectivity index (χ1n) is 10.5. The number of nitrogens with zero attached hydrogens (tertiary/aromatic N) is 1. The van der Waals surface area contributed by atoms with Crippen LogP contribution in [0.25, 0.3) is 21.2 Å². The van der Waals surface area contributed by atoms with Crippen molar-refractivity contribution >= 4 is 60.2 Å². The molecule has 5 heteroatoms. The van der Waals surface area contributed by atoms with Gasteiger partial charge in [0.15, 0.2) is 4.34 Å². The number of hydrogen-bond donors (Lipinski definition) is 0. The summed E-state index contributed by atoms with van der Waals surface area (Å²) in [5.41, 5.74) is 4.58. The second-order valence-electron chi connectivity index (χ2n) is 7.54. The van der Waals surface area contributed by atoms with Crippen LogP contribution in [0.4, 0.5) is 0 Å². The Balaban J connectivity index is 1.66. The Morgan fingerprint density at radius 2 is 1.77 bits per heavy atom. The average Bonchev–Trinajstić information content (AvgIpc) is 3.37.